The number of ether oxygens (including phenoxy) is 1. The molecule has 0 radical (unpaired) electrons. The minimum absolute atomic E-state index is 0.100. The summed E-state index contributed by atoms with van der Waals surface area (Å²) in [5.41, 5.74) is 1.79. The molecule has 0 saturated carbocycles. The van der Waals surface area contributed by atoms with Crippen LogP contribution in [-0.4, -0.2) is 6.36 Å². The molecule has 0 N–H and O–H groups in total. The van der Waals surface area contributed by atoms with Crippen molar-refractivity contribution in [3.8, 4) is 17.6 Å². The number of aryl methyl sites for hydroxylation is 1. The monoisotopic (exact) mass is 440 g/mol. The molecule has 32 heavy (non-hydrogen) atoms. The van der Waals surface area contributed by atoms with Gasteiger partial charge in [-0.05, 0) is 57.8 Å². The first-order valence-corrected chi connectivity index (χ1v) is 9.96. The molecule has 0 spiro atoms. The highest BCUT2D eigenvalue weighted by Gasteiger charge is 2.34. The van der Waals surface area contributed by atoms with E-state index >= 15 is 0 Å². The largest absolute Gasteiger partial charge is 0.573 e. The summed E-state index contributed by atoms with van der Waals surface area (Å²) in [5.74, 6) is 0.948. The van der Waals surface area contributed by atoms with E-state index in [0.717, 1.165) is 34.4 Å². The van der Waals surface area contributed by atoms with Crippen LogP contribution in [0.25, 0.3) is 21.5 Å². The van der Waals surface area contributed by atoms with Crippen molar-refractivity contribution in [3.63, 3.8) is 0 Å². The lowest BCUT2D eigenvalue weighted by molar-refractivity contribution is -0.276. The van der Waals surface area contributed by atoms with Gasteiger partial charge in [-0.2, -0.15) is 0 Å². The van der Waals surface area contributed by atoms with E-state index in [2.05, 4.69) is 41.7 Å². The third-order valence-corrected chi connectivity index (χ3v) is 5.01. The lowest BCUT2D eigenvalue weighted by atomic mass is 9.97. The molecule has 1 nitrogen and oxygen atoms in total. The van der Waals surface area contributed by atoms with Crippen LogP contribution in [0.2, 0.25) is 0 Å². The predicted octanol–water partition coefficient (Wildman–Crippen LogP) is 7.52. The van der Waals surface area contributed by atoms with Crippen molar-refractivity contribution < 1.29 is 26.7 Å². The van der Waals surface area contributed by atoms with Crippen LogP contribution in [0.5, 0.6) is 5.75 Å². The number of hydrogen-bond donors (Lipinski definition) is 0. The zero-order chi connectivity index (χ0) is 22.9. The summed E-state index contributed by atoms with van der Waals surface area (Å²) in [6, 6.07) is 17.4. The van der Waals surface area contributed by atoms with Gasteiger partial charge in [0.25, 0.3) is 0 Å². The average Bonchev–Trinajstić information content (AvgIpc) is 2.74. The molecule has 6 heteroatoms. The molecule has 0 heterocycles. The van der Waals surface area contributed by atoms with Gasteiger partial charge < -0.3 is 4.74 Å². The second-order valence-corrected chi connectivity index (χ2v) is 7.37. The quantitative estimate of drug-likeness (QED) is 0.182. The standard InChI is InChI=1S/C26H17F5O/c1-2-3-16-6-10-21-19(12-16)8-9-20-13-17(7-11-22(20)21)4-5-18-14-23(27)25(24(28)15-18)32-26(29,30)31/h6-15H,2-3H2,1H3. The van der Waals surface area contributed by atoms with Gasteiger partial charge in [0.15, 0.2) is 11.6 Å². The van der Waals surface area contributed by atoms with Crippen LogP contribution < -0.4 is 4.74 Å². The van der Waals surface area contributed by atoms with Gasteiger partial charge in [-0.15, -0.1) is 13.2 Å². The second kappa shape index (κ2) is 8.51. The molecule has 0 atom stereocenters. The van der Waals surface area contributed by atoms with E-state index in [1.807, 2.05) is 24.3 Å². The zero-order valence-corrected chi connectivity index (χ0v) is 17.0. The number of rotatable bonds is 3. The molecule has 0 aliphatic rings. The highest BCUT2D eigenvalue weighted by atomic mass is 19.4. The molecule has 0 aromatic heterocycles. The normalized spacial score (nSPS) is 11.4. The number of halogens is 5. The van der Waals surface area contributed by atoms with Crippen LogP contribution in [0.3, 0.4) is 0 Å². The van der Waals surface area contributed by atoms with Crippen LogP contribution in [-0.2, 0) is 6.42 Å². The molecule has 4 aromatic carbocycles. The maximum Gasteiger partial charge on any atom is 0.573 e. The molecule has 0 bridgehead atoms. The Labute approximate surface area is 181 Å². The van der Waals surface area contributed by atoms with Crippen molar-refractivity contribution in [3.05, 3.63) is 89.0 Å². The van der Waals surface area contributed by atoms with Crippen LogP contribution in [0, 0.1) is 23.5 Å². The van der Waals surface area contributed by atoms with Crippen LogP contribution >= 0.6 is 0 Å². The first kappa shape index (κ1) is 21.6. The Morgan fingerprint density at radius 2 is 1.34 bits per heavy atom. The minimum Gasteiger partial charge on any atom is -0.399 e. The van der Waals surface area contributed by atoms with Gasteiger partial charge in [-0.3, -0.25) is 0 Å². The molecule has 0 aliphatic heterocycles. The Morgan fingerprint density at radius 3 is 1.97 bits per heavy atom. The summed E-state index contributed by atoms with van der Waals surface area (Å²) >= 11 is 0. The van der Waals surface area contributed by atoms with E-state index < -0.39 is 23.7 Å². The Hall–Kier alpha value is -3.59. The lowest BCUT2D eigenvalue weighted by Crippen LogP contribution is -2.19. The molecule has 0 fully saturated rings. The van der Waals surface area contributed by atoms with E-state index in [-0.39, 0.29) is 5.56 Å². The molecule has 0 unspecified atom stereocenters. The Kier molecular flexibility index (Phi) is 5.75. The van der Waals surface area contributed by atoms with E-state index in [9.17, 15) is 22.0 Å². The topological polar surface area (TPSA) is 9.23 Å². The second-order valence-electron chi connectivity index (χ2n) is 7.37. The highest BCUT2D eigenvalue weighted by Crippen LogP contribution is 2.30. The van der Waals surface area contributed by atoms with Crippen molar-refractivity contribution in [2.24, 2.45) is 0 Å². The van der Waals surface area contributed by atoms with Crippen LogP contribution in [0.4, 0.5) is 22.0 Å². The van der Waals surface area contributed by atoms with E-state index in [1.165, 1.54) is 5.56 Å². The number of fused-ring (bicyclic) bond motifs is 3. The Bertz CT molecular complexity index is 1350. The van der Waals surface area contributed by atoms with Crippen molar-refractivity contribution >= 4 is 21.5 Å². The van der Waals surface area contributed by atoms with Gasteiger partial charge >= 0.3 is 6.36 Å². The van der Waals surface area contributed by atoms with Gasteiger partial charge in [0.05, 0.1) is 0 Å². The fraction of sp³-hybridized carbons (Fsp3) is 0.154. The summed E-state index contributed by atoms with van der Waals surface area (Å²) < 4.78 is 67.9. The molecule has 4 aromatic rings. The summed E-state index contributed by atoms with van der Waals surface area (Å²) in [6.07, 6.45) is -3.10. The molecule has 4 rings (SSSR count). The highest BCUT2D eigenvalue weighted by molar-refractivity contribution is 6.07. The average molecular weight is 440 g/mol. The third kappa shape index (κ3) is 4.67. The van der Waals surface area contributed by atoms with Crippen LogP contribution in [0.15, 0.2) is 60.7 Å². The zero-order valence-electron chi connectivity index (χ0n) is 17.0. The number of hydrogen-bond acceptors (Lipinski definition) is 1. The summed E-state index contributed by atoms with van der Waals surface area (Å²) in [7, 11) is 0. The maximum absolute atomic E-state index is 13.9. The fourth-order valence-corrected chi connectivity index (χ4v) is 3.63. The van der Waals surface area contributed by atoms with Crippen LogP contribution in [0.1, 0.15) is 30.0 Å². The van der Waals surface area contributed by atoms with Gasteiger partial charge in [0.1, 0.15) is 0 Å². The van der Waals surface area contributed by atoms with E-state index in [1.54, 1.807) is 6.07 Å². The maximum atomic E-state index is 13.9. The molecular formula is C26H17F5O. The molecule has 0 amide bonds. The molecular weight excluding hydrogens is 423 g/mol. The predicted molar refractivity (Wildman–Crippen MR) is 114 cm³/mol. The molecule has 0 aliphatic carbocycles. The Morgan fingerprint density at radius 1 is 0.750 bits per heavy atom. The van der Waals surface area contributed by atoms with E-state index in [0.29, 0.717) is 17.7 Å². The fourth-order valence-electron chi connectivity index (χ4n) is 3.63. The summed E-state index contributed by atoms with van der Waals surface area (Å²) in [5, 5.41) is 4.28. The first-order chi connectivity index (χ1) is 15.2. The van der Waals surface area contributed by atoms with Crippen molar-refractivity contribution in [1.82, 2.24) is 0 Å². The number of benzene rings is 4. The van der Waals surface area contributed by atoms with Crippen molar-refractivity contribution in [2.45, 2.75) is 26.1 Å². The smallest absolute Gasteiger partial charge is 0.399 e. The van der Waals surface area contributed by atoms with Gasteiger partial charge in [0, 0.05) is 11.1 Å². The van der Waals surface area contributed by atoms with Gasteiger partial charge in [0.2, 0.25) is 5.75 Å². The van der Waals surface area contributed by atoms with Crippen molar-refractivity contribution in [2.75, 3.05) is 0 Å². The molecule has 162 valence electrons. The summed E-state index contributed by atoms with van der Waals surface area (Å²) in [4.78, 5) is 0. The minimum atomic E-state index is -5.19. The Balaban J connectivity index is 1.66. The lowest BCUT2D eigenvalue weighted by Gasteiger charge is -2.10. The SMILES string of the molecule is CCCc1ccc2c(ccc3cc(C#Cc4cc(F)c(OC(F)(F)F)c(F)c4)ccc32)c1. The first-order valence-electron chi connectivity index (χ1n) is 9.96. The van der Waals surface area contributed by atoms with Gasteiger partial charge in [-0.25, -0.2) is 8.78 Å². The number of alkyl halides is 3. The molecule has 0 saturated heterocycles. The van der Waals surface area contributed by atoms with Gasteiger partial charge in [-0.1, -0.05) is 61.6 Å². The van der Waals surface area contributed by atoms with E-state index in [4.69, 9.17) is 0 Å². The summed E-state index contributed by atoms with van der Waals surface area (Å²) in [6.45, 7) is 2.14. The van der Waals surface area contributed by atoms with Crippen molar-refractivity contribution in [1.29, 1.82) is 0 Å². The third-order valence-electron chi connectivity index (χ3n) is 5.01.